The zero-order valence-electron chi connectivity index (χ0n) is 16.0. The predicted octanol–water partition coefficient (Wildman–Crippen LogP) is 2.44. The van der Waals surface area contributed by atoms with Gasteiger partial charge in [-0.05, 0) is 53.3 Å². The van der Waals surface area contributed by atoms with Gasteiger partial charge < -0.3 is 14.3 Å². The molecule has 1 fully saturated rings. The highest BCUT2D eigenvalue weighted by atomic mass is 16.5. The maximum Gasteiger partial charge on any atom is 0.223 e. The number of rotatable bonds is 6. The number of hydrogen-bond acceptors (Lipinski definition) is 6. The fourth-order valence-corrected chi connectivity index (χ4v) is 3.55. The van der Waals surface area contributed by atoms with E-state index in [0.717, 1.165) is 54.5 Å². The van der Waals surface area contributed by atoms with E-state index < -0.39 is 0 Å². The molecule has 0 unspecified atom stereocenters. The van der Waals surface area contributed by atoms with Crippen molar-refractivity contribution in [3.05, 3.63) is 40.8 Å². The van der Waals surface area contributed by atoms with Crippen molar-refractivity contribution in [2.24, 2.45) is 0 Å². The Kier molecular flexibility index (Phi) is 5.66. The molecular formula is C19H27N5O2. The van der Waals surface area contributed by atoms with E-state index >= 15 is 0 Å². The average molecular weight is 357 g/mol. The number of hydrogen-bond donors (Lipinski definition) is 0. The van der Waals surface area contributed by atoms with Crippen molar-refractivity contribution in [1.29, 1.82) is 0 Å². The Morgan fingerprint density at radius 1 is 1.38 bits per heavy atom. The van der Waals surface area contributed by atoms with Crippen LogP contribution in [0.2, 0.25) is 0 Å². The van der Waals surface area contributed by atoms with E-state index in [-0.39, 0.29) is 11.9 Å². The number of amides is 1. The lowest BCUT2D eigenvalue weighted by Crippen LogP contribution is -2.32. The highest BCUT2D eigenvalue weighted by Crippen LogP contribution is 2.30. The fraction of sp³-hybridized carbons (Fsp3) is 0.579. The van der Waals surface area contributed by atoms with Crippen molar-refractivity contribution in [1.82, 2.24) is 24.9 Å². The van der Waals surface area contributed by atoms with Gasteiger partial charge in [0.1, 0.15) is 5.76 Å². The molecule has 1 saturated heterocycles. The first kappa shape index (κ1) is 18.5. The molecule has 7 nitrogen and oxygen atoms in total. The van der Waals surface area contributed by atoms with Crippen LogP contribution in [0.5, 0.6) is 0 Å². The molecule has 2 aromatic rings. The van der Waals surface area contributed by atoms with Gasteiger partial charge in [0.25, 0.3) is 0 Å². The van der Waals surface area contributed by atoms with Crippen molar-refractivity contribution in [3.8, 4) is 0 Å². The predicted molar refractivity (Wildman–Crippen MR) is 97.4 cm³/mol. The van der Waals surface area contributed by atoms with Gasteiger partial charge in [0.15, 0.2) is 5.82 Å². The van der Waals surface area contributed by atoms with Gasteiger partial charge in [0.05, 0.1) is 17.4 Å². The van der Waals surface area contributed by atoms with Crippen LogP contribution < -0.4 is 0 Å². The zero-order valence-corrected chi connectivity index (χ0v) is 16.0. The summed E-state index contributed by atoms with van der Waals surface area (Å²) in [7, 11) is 4.03. The van der Waals surface area contributed by atoms with Crippen molar-refractivity contribution in [2.45, 2.75) is 52.1 Å². The smallest absolute Gasteiger partial charge is 0.223 e. The van der Waals surface area contributed by atoms with Crippen LogP contribution in [0.4, 0.5) is 0 Å². The van der Waals surface area contributed by atoms with Gasteiger partial charge in [-0.25, -0.2) is 9.97 Å². The molecule has 2 aromatic heterocycles. The maximum absolute atomic E-state index is 12.8. The second kappa shape index (κ2) is 7.95. The summed E-state index contributed by atoms with van der Waals surface area (Å²) >= 11 is 0. The van der Waals surface area contributed by atoms with Gasteiger partial charge in [-0.1, -0.05) is 5.16 Å². The van der Waals surface area contributed by atoms with E-state index in [0.29, 0.717) is 12.8 Å². The highest BCUT2D eigenvalue weighted by molar-refractivity contribution is 5.77. The number of aromatic nitrogens is 3. The molecule has 0 bridgehead atoms. The number of likely N-dealkylation sites (tertiary alicyclic amines) is 1. The lowest BCUT2D eigenvalue weighted by atomic mass is 10.1. The molecule has 1 atom stereocenters. The molecule has 7 heteroatoms. The molecule has 140 valence electrons. The van der Waals surface area contributed by atoms with Gasteiger partial charge >= 0.3 is 0 Å². The molecule has 1 aliphatic rings. The number of nitrogens with zero attached hydrogens (tertiary/aromatic N) is 5. The van der Waals surface area contributed by atoms with E-state index in [4.69, 9.17) is 9.51 Å². The highest BCUT2D eigenvalue weighted by Gasteiger charge is 2.32. The molecule has 26 heavy (non-hydrogen) atoms. The van der Waals surface area contributed by atoms with Crippen LogP contribution >= 0.6 is 0 Å². The summed E-state index contributed by atoms with van der Waals surface area (Å²) in [5, 5.41) is 3.96. The molecule has 0 spiro atoms. The van der Waals surface area contributed by atoms with Crippen molar-refractivity contribution in [2.75, 3.05) is 20.6 Å². The second-order valence-corrected chi connectivity index (χ2v) is 7.19. The molecule has 0 N–H and O–H groups in total. The van der Waals surface area contributed by atoms with E-state index in [2.05, 4.69) is 15.0 Å². The number of carbonyl (C=O) groups is 1. The van der Waals surface area contributed by atoms with Gasteiger partial charge in [-0.15, -0.1) is 0 Å². The quantitative estimate of drug-likeness (QED) is 0.790. The Balaban J connectivity index is 1.68. The van der Waals surface area contributed by atoms with E-state index in [1.807, 2.05) is 38.9 Å². The monoisotopic (exact) mass is 357 g/mol. The molecule has 0 aromatic carbocycles. The Bertz CT molecular complexity index is 752. The molecule has 0 saturated carbocycles. The summed E-state index contributed by atoms with van der Waals surface area (Å²) in [6, 6.07) is 1.91. The fourth-order valence-electron chi connectivity index (χ4n) is 3.55. The van der Waals surface area contributed by atoms with Crippen molar-refractivity contribution in [3.63, 3.8) is 0 Å². The SMILES string of the molecule is Cc1noc(C)c1CCC(=O)N1CCC[C@H]1c1nccc(CN(C)C)n1. The minimum atomic E-state index is -0.0192. The normalized spacial score (nSPS) is 17.3. The minimum Gasteiger partial charge on any atom is -0.361 e. The summed E-state index contributed by atoms with van der Waals surface area (Å²) in [6.07, 6.45) is 4.82. The van der Waals surface area contributed by atoms with Gasteiger partial charge in [0, 0.05) is 31.3 Å². The van der Waals surface area contributed by atoms with Gasteiger partial charge in [-0.3, -0.25) is 4.79 Å². The maximum atomic E-state index is 12.8. The summed E-state index contributed by atoms with van der Waals surface area (Å²) in [5.74, 6) is 1.70. The Hall–Kier alpha value is -2.28. The minimum absolute atomic E-state index is 0.0192. The summed E-state index contributed by atoms with van der Waals surface area (Å²) in [6.45, 7) is 5.34. The Morgan fingerprint density at radius 3 is 2.88 bits per heavy atom. The van der Waals surface area contributed by atoms with Crippen LogP contribution in [-0.4, -0.2) is 51.5 Å². The summed E-state index contributed by atoms with van der Waals surface area (Å²) in [5.41, 5.74) is 2.89. The third-order valence-corrected chi connectivity index (χ3v) is 4.85. The Morgan fingerprint density at radius 2 is 2.19 bits per heavy atom. The van der Waals surface area contributed by atoms with E-state index in [9.17, 15) is 4.79 Å². The third-order valence-electron chi connectivity index (χ3n) is 4.85. The van der Waals surface area contributed by atoms with Crippen LogP contribution in [0.3, 0.4) is 0 Å². The van der Waals surface area contributed by atoms with E-state index in [1.54, 1.807) is 6.20 Å². The van der Waals surface area contributed by atoms with Gasteiger partial charge in [0.2, 0.25) is 5.91 Å². The summed E-state index contributed by atoms with van der Waals surface area (Å²) < 4.78 is 5.19. The van der Waals surface area contributed by atoms with Crippen LogP contribution in [0, 0.1) is 13.8 Å². The largest absolute Gasteiger partial charge is 0.361 e. The zero-order chi connectivity index (χ0) is 18.7. The molecule has 3 heterocycles. The summed E-state index contributed by atoms with van der Waals surface area (Å²) in [4.78, 5) is 26.0. The molecule has 0 radical (unpaired) electrons. The molecule has 1 amide bonds. The van der Waals surface area contributed by atoms with Crippen LogP contribution in [0.15, 0.2) is 16.8 Å². The molecule has 3 rings (SSSR count). The standard InChI is InChI=1S/C19H27N5O2/c1-13-16(14(2)26-22-13)7-8-18(25)24-11-5-6-17(24)19-20-10-9-15(21-19)12-23(3)4/h9-10,17H,5-8,11-12H2,1-4H3/t17-/m0/s1. The topological polar surface area (TPSA) is 75.4 Å². The van der Waals surface area contributed by atoms with Crippen LogP contribution in [0.1, 0.15) is 53.8 Å². The van der Waals surface area contributed by atoms with E-state index in [1.165, 1.54) is 0 Å². The van der Waals surface area contributed by atoms with Crippen LogP contribution in [-0.2, 0) is 17.8 Å². The van der Waals surface area contributed by atoms with Crippen molar-refractivity contribution < 1.29 is 9.32 Å². The first-order chi connectivity index (χ1) is 12.5. The van der Waals surface area contributed by atoms with Crippen molar-refractivity contribution >= 4 is 5.91 Å². The number of carbonyl (C=O) groups excluding carboxylic acids is 1. The Labute approximate surface area is 154 Å². The average Bonchev–Trinajstić information content (AvgIpc) is 3.20. The third kappa shape index (κ3) is 4.09. The lowest BCUT2D eigenvalue weighted by molar-refractivity contribution is -0.132. The second-order valence-electron chi connectivity index (χ2n) is 7.19. The lowest BCUT2D eigenvalue weighted by Gasteiger charge is -2.24. The molecular weight excluding hydrogens is 330 g/mol. The van der Waals surface area contributed by atoms with Crippen LogP contribution in [0.25, 0.3) is 0 Å². The first-order valence-electron chi connectivity index (χ1n) is 9.13. The molecule has 0 aliphatic carbocycles. The molecule has 1 aliphatic heterocycles. The number of aryl methyl sites for hydroxylation is 2. The van der Waals surface area contributed by atoms with Gasteiger partial charge in [-0.2, -0.15) is 0 Å². The first-order valence-corrected chi connectivity index (χ1v) is 9.13.